The number of nitrogens with one attached hydrogen (secondary N) is 2. The van der Waals surface area contributed by atoms with E-state index in [2.05, 4.69) is 15.6 Å². The van der Waals surface area contributed by atoms with Crippen LogP contribution in [0.2, 0.25) is 0 Å². The molecule has 1 aromatic carbocycles. The SMILES string of the molecule is CC/C(C)=C1\OC(=O)[C@H](C)[C@H](O)[C@H](Cc2cccnc2)NC(=O)[C@@H](NC(=O)c2cccc(F)c2O)[C@@H](C)OC1=O. The van der Waals surface area contributed by atoms with Crippen molar-refractivity contribution in [2.75, 3.05) is 0 Å². The number of benzene rings is 1. The second kappa shape index (κ2) is 13.2. The first-order chi connectivity index (χ1) is 18.9. The third-order valence-electron chi connectivity index (χ3n) is 6.67. The smallest absolute Gasteiger partial charge is 0.374 e. The molecule has 1 aliphatic rings. The van der Waals surface area contributed by atoms with Crippen LogP contribution < -0.4 is 10.6 Å². The van der Waals surface area contributed by atoms with Gasteiger partial charge >= 0.3 is 11.9 Å². The molecule has 2 aromatic rings. The first kappa shape index (κ1) is 30.2. The number of hydrogen-bond donors (Lipinski definition) is 4. The Morgan fingerprint density at radius 1 is 1.18 bits per heavy atom. The lowest BCUT2D eigenvalue weighted by molar-refractivity contribution is -0.161. The van der Waals surface area contributed by atoms with Crippen LogP contribution in [0.5, 0.6) is 5.75 Å². The minimum absolute atomic E-state index is 0.0502. The highest BCUT2D eigenvalue weighted by Gasteiger charge is 2.39. The molecule has 1 aromatic heterocycles. The second-order valence-corrected chi connectivity index (χ2v) is 9.54. The van der Waals surface area contributed by atoms with Crippen LogP contribution in [0.15, 0.2) is 54.1 Å². The Bertz CT molecular complexity index is 1300. The standard InChI is InChI=1S/C28H32FN3O8/c1-5-14(2)24-28(38)39-16(4)21(32-25(35)18-9-6-10-19(29)23(18)34)26(36)31-20(12-17-8-7-11-30-13-17)22(33)15(3)27(37)40-24/h6-11,13,15-16,20-22,33-34H,5,12H2,1-4H3,(H,31,36)(H,32,35)/b24-14-/t15-,16-,20+,21+,22+/m1/s1. The van der Waals surface area contributed by atoms with E-state index >= 15 is 0 Å². The summed E-state index contributed by atoms with van der Waals surface area (Å²) >= 11 is 0. The molecule has 0 bridgehead atoms. The number of esters is 2. The summed E-state index contributed by atoms with van der Waals surface area (Å²) < 4.78 is 24.7. The molecule has 3 rings (SSSR count). The van der Waals surface area contributed by atoms with E-state index in [0.717, 1.165) is 12.1 Å². The number of rotatable bonds is 5. The molecule has 40 heavy (non-hydrogen) atoms. The molecule has 1 saturated heterocycles. The molecule has 0 aliphatic carbocycles. The van der Waals surface area contributed by atoms with Gasteiger partial charge in [-0.3, -0.25) is 19.4 Å². The predicted octanol–water partition coefficient (Wildman–Crippen LogP) is 1.92. The van der Waals surface area contributed by atoms with Crippen LogP contribution in [0, 0.1) is 11.7 Å². The number of pyridine rings is 1. The van der Waals surface area contributed by atoms with Gasteiger partial charge in [-0.1, -0.05) is 19.1 Å². The number of carbonyl (C=O) groups is 4. The summed E-state index contributed by atoms with van der Waals surface area (Å²) in [5, 5.41) is 26.2. The van der Waals surface area contributed by atoms with Gasteiger partial charge < -0.3 is 30.3 Å². The van der Waals surface area contributed by atoms with E-state index in [1.54, 1.807) is 32.2 Å². The van der Waals surface area contributed by atoms with Gasteiger partial charge in [0.05, 0.1) is 23.6 Å². The Hall–Kier alpha value is -4.32. The molecule has 214 valence electrons. The van der Waals surface area contributed by atoms with Crippen molar-refractivity contribution in [3.05, 3.63) is 71.0 Å². The molecule has 2 heterocycles. The number of phenols is 1. The van der Waals surface area contributed by atoms with Gasteiger partial charge in [-0.25, -0.2) is 9.18 Å². The third kappa shape index (κ3) is 7.00. The highest BCUT2D eigenvalue weighted by Crippen LogP contribution is 2.23. The van der Waals surface area contributed by atoms with E-state index in [-0.39, 0.29) is 6.42 Å². The van der Waals surface area contributed by atoms with E-state index in [0.29, 0.717) is 17.6 Å². The number of amides is 2. The first-order valence-corrected chi connectivity index (χ1v) is 12.7. The number of aromatic hydroxyl groups is 1. The fourth-order valence-corrected chi connectivity index (χ4v) is 4.05. The van der Waals surface area contributed by atoms with Gasteiger partial charge in [0.2, 0.25) is 11.7 Å². The summed E-state index contributed by atoms with van der Waals surface area (Å²) in [6.45, 7) is 6.01. The van der Waals surface area contributed by atoms with Gasteiger partial charge in [-0.05, 0) is 62.9 Å². The number of halogens is 1. The minimum Gasteiger partial charge on any atom is -0.504 e. The van der Waals surface area contributed by atoms with E-state index in [4.69, 9.17) is 9.47 Å². The van der Waals surface area contributed by atoms with Crippen molar-refractivity contribution in [1.29, 1.82) is 0 Å². The van der Waals surface area contributed by atoms with Crippen molar-refractivity contribution >= 4 is 23.8 Å². The molecule has 1 fully saturated rings. The molecule has 0 radical (unpaired) electrons. The highest BCUT2D eigenvalue weighted by molar-refractivity contribution is 6.00. The summed E-state index contributed by atoms with van der Waals surface area (Å²) in [7, 11) is 0. The Kier molecular flexibility index (Phi) is 9.94. The molecule has 0 unspecified atom stereocenters. The number of hydrogen-bond acceptors (Lipinski definition) is 9. The molecule has 5 atom stereocenters. The van der Waals surface area contributed by atoms with E-state index in [1.165, 1.54) is 26.1 Å². The molecule has 0 spiro atoms. The maximum Gasteiger partial charge on any atom is 0.374 e. The summed E-state index contributed by atoms with van der Waals surface area (Å²) in [6.07, 6.45) is 0.640. The zero-order valence-electron chi connectivity index (χ0n) is 22.5. The van der Waals surface area contributed by atoms with E-state index in [9.17, 15) is 33.8 Å². The molecule has 4 N–H and O–H groups in total. The second-order valence-electron chi connectivity index (χ2n) is 9.54. The number of cyclic esters (lactones) is 2. The number of ether oxygens (including phenoxy) is 2. The summed E-state index contributed by atoms with van der Waals surface area (Å²) in [5.41, 5.74) is 0.562. The molecular weight excluding hydrogens is 525 g/mol. The van der Waals surface area contributed by atoms with Crippen LogP contribution in [0.4, 0.5) is 4.39 Å². The quantitative estimate of drug-likeness (QED) is 0.318. The van der Waals surface area contributed by atoms with E-state index < -0.39 is 76.9 Å². The lowest BCUT2D eigenvalue weighted by Gasteiger charge is -2.32. The van der Waals surface area contributed by atoms with Crippen molar-refractivity contribution in [3.8, 4) is 5.75 Å². The van der Waals surface area contributed by atoms with Crippen LogP contribution in [-0.4, -0.2) is 63.2 Å². The number of allylic oxidation sites excluding steroid dienone is 1. The average Bonchev–Trinajstić information content (AvgIpc) is 2.93. The highest BCUT2D eigenvalue weighted by atomic mass is 19.1. The molecule has 2 amide bonds. The number of aromatic nitrogens is 1. The number of aliphatic hydroxyl groups excluding tert-OH is 1. The summed E-state index contributed by atoms with van der Waals surface area (Å²) in [5.74, 6) is -7.40. The Morgan fingerprint density at radius 3 is 2.55 bits per heavy atom. The fourth-order valence-electron chi connectivity index (χ4n) is 4.05. The molecule has 0 saturated carbocycles. The number of para-hydroxylation sites is 1. The van der Waals surface area contributed by atoms with Gasteiger partial charge in [0, 0.05) is 12.4 Å². The van der Waals surface area contributed by atoms with Crippen molar-refractivity contribution in [1.82, 2.24) is 15.6 Å². The predicted molar refractivity (Wildman–Crippen MR) is 139 cm³/mol. The number of phenolic OH excluding ortho intramolecular Hbond substituents is 1. The molecule has 11 nitrogen and oxygen atoms in total. The number of carbonyl (C=O) groups excluding carboxylic acids is 4. The van der Waals surface area contributed by atoms with Crippen molar-refractivity contribution in [2.45, 2.75) is 64.8 Å². The summed E-state index contributed by atoms with van der Waals surface area (Å²) in [6, 6.07) is 4.06. The maximum absolute atomic E-state index is 13.9. The van der Waals surface area contributed by atoms with E-state index in [1.807, 2.05) is 0 Å². The average molecular weight is 558 g/mol. The van der Waals surface area contributed by atoms with Crippen LogP contribution in [0.25, 0.3) is 0 Å². The van der Waals surface area contributed by atoms with Gasteiger partial charge in [0.25, 0.3) is 5.91 Å². The Labute approximate surface area is 230 Å². The first-order valence-electron chi connectivity index (χ1n) is 12.7. The zero-order valence-corrected chi connectivity index (χ0v) is 22.5. The van der Waals surface area contributed by atoms with Crippen LogP contribution in [-0.2, 0) is 30.3 Å². The Morgan fingerprint density at radius 2 is 1.90 bits per heavy atom. The normalized spacial score (nSPS) is 25.4. The van der Waals surface area contributed by atoms with Crippen molar-refractivity contribution in [2.24, 2.45) is 5.92 Å². The third-order valence-corrected chi connectivity index (χ3v) is 6.67. The number of nitrogens with zero attached hydrogens (tertiary/aromatic N) is 1. The molecule has 12 heteroatoms. The molecule has 1 aliphatic heterocycles. The van der Waals surface area contributed by atoms with Gasteiger partial charge in [-0.2, -0.15) is 0 Å². The van der Waals surface area contributed by atoms with Crippen molar-refractivity contribution < 1.29 is 43.3 Å². The Balaban J connectivity index is 2.04. The summed E-state index contributed by atoms with van der Waals surface area (Å²) in [4.78, 5) is 56.6. The van der Waals surface area contributed by atoms with Gasteiger partial charge in [0.1, 0.15) is 12.1 Å². The topological polar surface area (TPSA) is 164 Å². The van der Waals surface area contributed by atoms with Crippen LogP contribution >= 0.6 is 0 Å². The fraction of sp³-hybridized carbons (Fsp3) is 0.393. The lowest BCUT2D eigenvalue weighted by atomic mass is 9.92. The monoisotopic (exact) mass is 557 g/mol. The lowest BCUT2D eigenvalue weighted by Crippen LogP contribution is -2.59. The van der Waals surface area contributed by atoms with Gasteiger partial charge in [0.15, 0.2) is 11.6 Å². The maximum atomic E-state index is 13.9. The molecular formula is C28H32FN3O8. The van der Waals surface area contributed by atoms with Crippen LogP contribution in [0.3, 0.4) is 0 Å². The van der Waals surface area contributed by atoms with Crippen LogP contribution in [0.1, 0.15) is 50.0 Å². The zero-order chi connectivity index (χ0) is 29.6. The van der Waals surface area contributed by atoms with Crippen molar-refractivity contribution in [3.63, 3.8) is 0 Å². The minimum atomic E-state index is -1.56. The largest absolute Gasteiger partial charge is 0.504 e. The van der Waals surface area contributed by atoms with Gasteiger partial charge in [-0.15, -0.1) is 0 Å². The number of aliphatic hydroxyl groups is 1.